The van der Waals surface area contributed by atoms with Gasteiger partial charge in [-0.1, -0.05) is 22.9 Å². The van der Waals surface area contributed by atoms with Crippen LogP contribution in [-0.2, 0) is 9.53 Å². The number of nitrogens with one attached hydrogen (secondary N) is 1. The molecule has 0 saturated heterocycles. The molecule has 1 aromatic rings. The Morgan fingerprint density at radius 2 is 2.10 bits per heavy atom. The van der Waals surface area contributed by atoms with Crippen LogP contribution in [0, 0.1) is 5.92 Å². The largest absolute Gasteiger partial charge is 0.468 e. The molecule has 0 aliphatic heterocycles. The van der Waals surface area contributed by atoms with Gasteiger partial charge in [0.15, 0.2) is 0 Å². The number of hydrogen-bond acceptors (Lipinski definition) is 4. The molecule has 1 aliphatic carbocycles. The first-order valence-electron chi connectivity index (χ1n) is 6.84. The SMILES string of the molecule is CCNC(CSc1ccc(Br)cc1)(C(=O)OC)C1CC1. The summed E-state index contributed by atoms with van der Waals surface area (Å²) in [5, 5.41) is 3.39. The average Bonchev–Trinajstić information content (AvgIpc) is 3.29. The van der Waals surface area contributed by atoms with E-state index in [-0.39, 0.29) is 5.97 Å². The highest BCUT2D eigenvalue weighted by Crippen LogP contribution is 2.43. The van der Waals surface area contributed by atoms with Crippen molar-refractivity contribution in [2.75, 3.05) is 19.4 Å². The second-order valence-electron chi connectivity index (χ2n) is 5.01. The van der Waals surface area contributed by atoms with E-state index in [0.717, 1.165) is 23.9 Å². The van der Waals surface area contributed by atoms with E-state index in [1.165, 1.54) is 12.0 Å². The summed E-state index contributed by atoms with van der Waals surface area (Å²) in [7, 11) is 1.47. The van der Waals surface area contributed by atoms with E-state index in [0.29, 0.717) is 11.7 Å². The van der Waals surface area contributed by atoms with E-state index < -0.39 is 5.54 Å². The Labute approximate surface area is 133 Å². The number of ether oxygens (including phenoxy) is 1. The molecule has 0 amide bonds. The van der Waals surface area contributed by atoms with Crippen molar-refractivity contribution in [2.24, 2.45) is 5.92 Å². The summed E-state index contributed by atoms with van der Waals surface area (Å²) < 4.78 is 6.12. The minimum absolute atomic E-state index is 0.133. The lowest BCUT2D eigenvalue weighted by molar-refractivity contribution is -0.148. The van der Waals surface area contributed by atoms with Gasteiger partial charge in [0.2, 0.25) is 0 Å². The van der Waals surface area contributed by atoms with Gasteiger partial charge in [0.25, 0.3) is 0 Å². The smallest absolute Gasteiger partial charge is 0.327 e. The molecule has 5 heteroatoms. The zero-order valence-corrected chi connectivity index (χ0v) is 14.2. The standard InChI is InChI=1S/C15H20BrNO2S/c1-3-17-15(11-4-5-11,14(18)19-2)10-20-13-8-6-12(16)7-9-13/h6-9,11,17H,3-5,10H2,1-2H3. The Morgan fingerprint density at radius 1 is 1.45 bits per heavy atom. The number of carbonyl (C=O) groups excluding carboxylic acids is 1. The van der Waals surface area contributed by atoms with Crippen molar-refractivity contribution < 1.29 is 9.53 Å². The molecule has 1 aliphatic rings. The lowest BCUT2D eigenvalue weighted by atomic mass is 9.95. The molecule has 1 aromatic carbocycles. The third kappa shape index (κ3) is 3.57. The van der Waals surface area contributed by atoms with Crippen molar-refractivity contribution in [3.05, 3.63) is 28.7 Å². The van der Waals surface area contributed by atoms with Crippen molar-refractivity contribution in [2.45, 2.75) is 30.2 Å². The molecule has 110 valence electrons. The van der Waals surface area contributed by atoms with E-state index in [1.54, 1.807) is 11.8 Å². The molecule has 0 bridgehead atoms. The molecule has 3 nitrogen and oxygen atoms in total. The molecule has 2 rings (SSSR count). The molecule has 0 radical (unpaired) electrons. The molecular weight excluding hydrogens is 338 g/mol. The van der Waals surface area contributed by atoms with Crippen molar-refractivity contribution in [3.63, 3.8) is 0 Å². The molecule has 1 saturated carbocycles. The normalized spacial score (nSPS) is 17.6. The van der Waals surface area contributed by atoms with Gasteiger partial charge >= 0.3 is 5.97 Å². The number of methoxy groups -OCH3 is 1. The second-order valence-corrected chi connectivity index (χ2v) is 6.97. The lowest BCUT2D eigenvalue weighted by Gasteiger charge is -2.31. The molecular formula is C15H20BrNO2S. The van der Waals surface area contributed by atoms with Crippen LogP contribution in [0.1, 0.15) is 19.8 Å². The molecule has 0 aromatic heterocycles. The van der Waals surface area contributed by atoms with Crippen molar-refractivity contribution >= 4 is 33.7 Å². The predicted molar refractivity (Wildman–Crippen MR) is 86.0 cm³/mol. The molecule has 1 fully saturated rings. The average molecular weight is 358 g/mol. The first-order valence-corrected chi connectivity index (χ1v) is 8.62. The fourth-order valence-electron chi connectivity index (χ4n) is 2.41. The number of hydrogen-bond donors (Lipinski definition) is 1. The molecule has 1 N–H and O–H groups in total. The Balaban J connectivity index is 2.10. The van der Waals surface area contributed by atoms with E-state index in [4.69, 9.17) is 4.74 Å². The number of esters is 1. The van der Waals surface area contributed by atoms with Gasteiger partial charge in [-0.25, -0.2) is 0 Å². The van der Waals surface area contributed by atoms with E-state index >= 15 is 0 Å². The van der Waals surface area contributed by atoms with Crippen LogP contribution in [0.25, 0.3) is 0 Å². The van der Waals surface area contributed by atoms with E-state index in [1.807, 2.05) is 19.1 Å². The number of benzene rings is 1. The van der Waals surface area contributed by atoms with Crippen LogP contribution in [0.2, 0.25) is 0 Å². The fraction of sp³-hybridized carbons (Fsp3) is 0.533. The zero-order valence-electron chi connectivity index (χ0n) is 11.8. The summed E-state index contributed by atoms with van der Waals surface area (Å²) in [6, 6.07) is 8.17. The van der Waals surface area contributed by atoms with Gasteiger partial charge in [-0.2, -0.15) is 0 Å². The Morgan fingerprint density at radius 3 is 2.60 bits per heavy atom. The third-order valence-electron chi connectivity index (χ3n) is 3.60. The van der Waals surface area contributed by atoms with Gasteiger partial charge in [-0.3, -0.25) is 4.79 Å². The Hall–Kier alpha value is -0.520. The third-order valence-corrected chi connectivity index (χ3v) is 5.33. The van der Waals surface area contributed by atoms with Crippen molar-refractivity contribution in [3.8, 4) is 0 Å². The second kappa shape index (κ2) is 6.96. The minimum Gasteiger partial charge on any atom is -0.468 e. The maximum atomic E-state index is 12.3. The maximum Gasteiger partial charge on any atom is 0.327 e. The topological polar surface area (TPSA) is 38.3 Å². The summed E-state index contributed by atoms with van der Waals surface area (Å²) in [6.07, 6.45) is 2.20. The summed E-state index contributed by atoms with van der Waals surface area (Å²) in [5.41, 5.74) is -0.540. The number of carbonyl (C=O) groups is 1. The van der Waals surface area contributed by atoms with Gasteiger partial charge < -0.3 is 10.1 Å². The number of thioether (sulfide) groups is 1. The van der Waals surface area contributed by atoms with Gasteiger partial charge in [-0.15, -0.1) is 11.8 Å². The first-order chi connectivity index (χ1) is 9.62. The highest BCUT2D eigenvalue weighted by atomic mass is 79.9. The zero-order chi connectivity index (χ0) is 14.6. The Kier molecular flexibility index (Phi) is 5.52. The molecule has 1 atom stereocenters. The number of halogens is 1. The number of rotatable bonds is 7. The van der Waals surface area contributed by atoms with Gasteiger partial charge in [0, 0.05) is 15.1 Å². The van der Waals surface area contributed by atoms with Crippen molar-refractivity contribution in [1.82, 2.24) is 5.32 Å². The minimum atomic E-state index is -0.540. The summed E-state index contributed by atoms with van der Waals surface area (Å²) in [5.74, 6) is 0.976. The van der Waals surface area contributed by atoms with Crippen LogP contribution >= 0.6 is 27.7 Å². The van der Waals surface area contributed by atoms with Crippen molar-refractivity contribution in [1.29, 1.82) is 0 Å². The lowest BCUT2D eigenvalue weighted by Crippen LogP contribution is -2.56. The van der Waals surface area contributed by atoms with Gasteiger partial charge in [-0.05, 0) is 49.6 Å². The van der Waals surface area contributed by atoms with Crippen LogP contribution in [0.3, 0.4) is 0 Å². The van der Waals surface area contributed by atoms with E-state index in [9.17, 15) is 4.79 Å². The van der Waals surface area contributed by atoms with Gasteiger partial charge in [0.1, 0.15) is 5.54 Å². The summed E-state index contributed by atoms with van der Waals surface area (Å²) >= 11 is 5.14. The van der Waals surface area contributed by atoms with Crippen LogP contribution in [0.4, 0.5) is 0 Å². The molecule has 0 spiro atoms. The number of likely N-dealkylation sites (N-methyl/N-ethyl adjacent to an activating group) is 1. The van der Waals surface area contributed by atoms with Crippen LogP contribution < -0.4 is 5.32 Å². The van der Waals surface area contributed by atoms with Crippen LogP contribution in [0.5, 0.6) is 0 Å². The monoisotopic (exact) mass is 357 g/mol. The summed E-state index contributed by atoms with van der Waals surface area (Å²) in [6.45, 7) is 2.80. The first kappa shape index (κ1) is 15.9. The highest BCUT2D eigenvalue weighted by molar-refractivity contribution is 9.10. The quantitative estimate of drug-likeness (QED) is 0.598. The van der Waals surface area contributed by atoms with E-state index in [2.05, 4.69) is 33.4 Å². The van der Waals surface area contributed by atoms with Crippen LogP contribution in [-0.4, -0.2) is 30.9 Å². The summed E-state index contributed by atoms with van der Waals surface area (Å²) in [4.78, 5) is 13.4. The Bertz CT molecular complexity index is 461. The molecule has 1 unspecified atom stereocenters. The molecule has 20 heavy (non-hydrogen) atoms. The maximum absolute atomic E-state index is 12.3. The predicted octanol–water partition coefficient (Wildman–Crippen LogP) is 3.47. The van der Waals surface area contributed by atoms with Crippen LogP contribution in [0.15, 0.2) is 33.6 Å². The van der Waals surface area contributed by atoms with Gasteiger partial charge in [0.05, 0.1) is 7.11 Å². The fourth-order valence-corrected chi connectivity index (χ4v) is 3.86. The highest BCUT2D eigenvalue weighted by Gasteiger charge is 2.51. The molecule has 0 heterocycles.